The minimum absolute atomic E-state index is 0.561. The molecule has 0 unspecified atom stereocenters. The fourth-order valence-electron chi connectivity index (χ4n) is 2.85. The van der Waals surface area contributed by atoms with Crippen LogP contribution in [0.3, 0.4) is 0 Å². The molecular weight excluding hydrogens is 214 g/mol. The van der Waals surface area contributed by atoms with E-state index in [1.807, 2.05) is 12.3 Å². The molecule has 0 aliphatic heterocycles. The maximum atomic E-state index is 4.37. The van der Waals surface area contributed by atoms with E-state index in [0.717, 1.165) is 22.6 Å². The van der Waals surface area contributed by atoms with Crippen LogP contribution < -0.4 is 0 Å². The minimum atomic E-state index is 0.561. The highest BCUT2D eigenvalue weighted by Crippen LogP contribution is 2.33. The molecule has 0 amide bonds. The normalized spacial score (nSPS) is 17.4. The second kappa shape index (κ2) is 3.29. The Kier molecular flexibility index (Phi) is 1.77. The van der Waals surface area contributed by atoms with Crippen LogP contribution in [0.15, 0.2) is 18.5 Å². The molecular formula is C12H13N5. The lowest BCUT2D eigenvalue weighted by atomic mass is 10.1. The van der Waals surface area contributed by atoms with Crippen molar-refractivity contribution in [2.24, 2.45) is 0 Å². The lowest BCUT2D eigenvalue weighted by molar-refractivity contribution is 0.662. The summed E-state index contributed by atoms with van der Waals surface area (Å²) in [5.41, 5.74) is 2.82. The van der Waals surface area contributed by atoms with Crippen LogP contribution in [-0.2, 0) is 0 Å². The van der Waals surface area contributed by atoms with Gasteiger partial charge in [0.05, 0.1) is 11.7 Å². The van der Waals surface area contributed by atoms with Crippen LogP contribution in [0.1, 0.15) is 37.4 Å². The molecule has 1 aliphatic carbocycles. The van der Waals surface area contributed by atoms with Crippen LogP contribution in [0.25, 0.3) is 16.8 Å². The molecule has 4 rings (SSSR count). The quantitative estimate of drug-likeness (QED) is 0.693. The van der Waals surface area contributed by atoms with Crippen molar-refractivity contribution in [3.63, 3.8) is 0 Å². The molecule has 5 heteroatoms. The molecule has 86 valence electrons. The Balaban J connectivity index is 2.05. The minimum Gasteiger partial charge on any atom is -0.345 e. The van der Waals surface area contributed by atoms with Crippen molar-refractivity contribution in [2.75, 3.05) is 0 Å². The van der Waals surface area contributed by atoms with Gasteiger partial charge in [0.2, 0.25) is 0 Å². The highest BCUT2D eigenvalue weighted by atomic mass is 15.3. The van der Waals surface area contributed by atoms with Crippen LogP contribution in [0.5, 0.6) is 0 Å². The van der Waals surface area contributed by atoms with Gasteiger partial charge in [-0.1, -0.05) is 12.8 Å². The Hall–Kier alpha value is -1.91. The summed E-state index contributed by atoms with van der Waals surface area (Å²) in [6.45, 7) is 0. The first-order valence-electron chi connectivity index (χ1n) is 6.10. The molecule has 0 aromatic carbocycles. The number of rotatable bonds is 1. The Morgan fingerprint density at radius 1 is 1.24 bits per heavy atom. The second-order valence-corrected chi connectivity index (χ2v) is 4.70. The van der Waals surface area contributed by atoms with Crippen LogP contribution >= 0.6 is 0 Å². The Labute approximate surface area is 97.9 Å². The van der Waals surface area contributed by atoms with Gasteiger partial charge in [-0.05, 0) is 18.9 Å². The Bertz CT molecular complexity index is 674. The predicted octanol–water partition coefficient (Wildman–Crippen LogP) is 2.26. The molecule has 0 saturated heterocycles. The number of aromatic amines is 1. The number of fused-ring (bicyclic) bond motifs is 3. The van der Waals surface area contributed by atoms with Crippen molar-refractivity contribution in [1.82, 2.24) is 24.6 Å². The van der Waals surface area contributed by atoms with E-state index in [2.05, 4.69) is 24.6 Å². The van der Waals surface area contributed by atoms with Crippen molar-refractivity contribution in [1.29, 1.82) is 0 Å². The van der Waals surface area contributed by atoms with Crippen LogP contribution in [0, 0.1) is 0 Å². The zero-order valence-electron chi connectivity index (χ0n) is 9.43. The zero-order valence-corrected chi connectivity index (χ0v) is 9.43. The summed E-state index contributed by atoms with van der Waals surface area (Å²) in [5.74, 6) is 1.66. The summed E-state index contributed by atoms with van der Waals surface area (Å²) in [6.07, 6.45) is 8.77. The molecule has 3 heterocycles. The van der Waals surface area contributed by atoms with Crippen molar-refractivity contribution in [3.8, 4) is 0 Å². The molecule has 0 atom stereocenters. The fraction of sp³-hybridized carbons (Fsp3) is 0.417. The average Bonchev–Trinajstić information content (AvgIpc) is 3.08. The number of H-pyrrole nitrogens is 1. The fourth-order valence-corrected chi connectivity index (χ4v) is 2.85. The first-order chi connectivity index (χ1) is 8.43. The van der Waals surface area contributed by atoms with Gasteiger partial charge in [0.15, 0.2) is 11.3 Å². The molecule has 1 aliphatic rings. The van der Waals surface area contributed by atoms with Crippen molar-refractivity contribution >= 4 is 16.8 Å². The van der Waals surface area contributed by atoms with Gasteiger partial charge in [0, 0.05) is 12.1 Å². The van der Waals surface area contributed by atoms with E-state index < -0.39 is 0 Å². The molecule has 1 fully saturated rings. The van der Waals surface area contributed by atoms with E-state index in [1.165, 1.54) is 25.7 Å². The SMILES string of the molecule is c1cc2c(ncc3nnc(C4CCCC4)n32)[nH]1. The highest BCUT2D eigenvalue weighted by Gasteiger charge is 2.23. The smallest absolute Gasteiger partial charge is 0.179 e. The molecule has 5 nitrogen and oxygen atoms in total. The molecule has 3 aromatic heterocycles. The predicted molar refractivity (Wildman–Crippen MR) is 63.8 cm³/mol. The van der Waals surface area contributed by atoms with Gasteiger partial charge in [-0.15, -0.1) is 10.2 Å². The monoisotopic (exact) mass is 227 g/mol. The molecule has 1 saturated carbocycles. The molecule has 0 spiro atoms. The molecule has 0 bridgehead atoms. The summed E-state index contributed by atoms with van der Waals surface area (Å²) < 4.78 is 2.15. The third-order valence-corrected chi connectivity index (χ3v) is 3.69. The largest absolute Gasteiger partial charge is 0.345 e. The molecule has 3 aromatic rings. The number of aromatic nitrogens is 5. The Morgan fingerprint density at radius 2 is 2.12 bits per heavy atom. The summed E-state index contributed by atoms with van der Waals surface area (Å²) in [6, 6.07) is 2.04. The van der Waals surface area contributed by atoms with Gasteiger partial charge in [0.1, 0.15) is 5.82 Å². The van der Waals surface area contributed by atoms with Gasteiger partial charge < -0.3 is 4.98 Å². The van der Waals surface area contributed by atoms with Crippen LogP contribution in [0.4, 0.5) is 0 Å². The summed E-state index contributed by atoms with van der Waals surface area (Å²) in [4.78, 5) is 7.46. The molecule has 1 N–H and O–H groups in total. The third-order valence-electron chi connectivity index (χ3n) is 3.69. The number of hydrogen-bond acceptors (Lipinski definition) is 3. The molecule has 17 heavy (non-hydrogen) atoms. The summed E-state index contributed by atoms with van der Waals surface area (Å²) in [5, 5.41) is 8.60. The van der Waals surface area contributed by atoms with Gasteiger partial charge in [-0.25, -0.2) is 4.98 Å². The van der Waals surface area contributed by atoms with Crippen LogP contribution in [-0.4, -0.2) is 24.6 Å². The van der Waals surface area contributed by atoms with E-state index in [9.17, 15) is 0 Å². The van der Waals surface area contributed by atoms with Gasteiger partial charge >= 0.3 is 0 Å². The standard InChI is InChI=1S/C12H13N5/c1-2-4-8(3-1)12-16-15-10-7-14-11-9(17(10)12)5-6-13-11/h5-8,13H,1-4H2. The summed E-state index contributed by atoms with van der Waals surface area (Å²) in [7, 11) is 0. The van der Waals surface area contributed by atoms with E-state index in [0.29, 0.717) is 5.92 Å². The Morgan fingerprint density at radius 3 is 3.00 bits per heavy atom. The third kappa shape index (κ3) is 1.22. The van der Waals surface area contributed by atoms with Crippen molar-refractivity contribution < 1.29 is 0 Å². The van der Waals surface area contributed by atoms with Gasteiger partial charge in [-0.2, -0.15) is 0 Å². The highest BCUT2D eigenvalue weighted by molar-refractivity contribution is 5.74. The van der Waals surface area contributed by atoms with Gasteiger partial charge in [0.25, 0.3) is 0 Å². The number of nitrogens with one attached hydrogen (secondary N) is 1. The first-order valence-corrected chi connectivity index (χ1v) is 6.10. The zero-order chi connectivity index (χ0) is 11.2. The van der Waals surface area contributed by atoms with E-state index in [-0.39, 0.29) is 0 Å². The van der Waals surface area contributed by atoms with Crippen molar-refractivity contribution in [3.05, 3.63) is 24.3 Å². The first kappa shape index (κ1) is 9.15. The topological polar surface area (TPSA) is 58.9 Å². The molecule has 0 radical (unpaired) electrons. The van der Waals surface area contributed by atoms with Crippen molar-refractivity contribution in [2.45, 2.75) is 31.6 Å². The van der Waals surface area contributed by atoms with E-state index in [1.54, 1.807) is 6.20 Å². The average molecular weight is 227 g/mol. The number of hydrogen-bond donors (Lipinski definition) is 1. The van der Waals surface area contributed by atoms with E-state index >= 15 is 0 Å². The van der Waals surface area contributed by atoms with Crippen LogP contribution in [0.2, 0.25) is 0 Å². The summed E-state index contributed by atoms with van der Waals surface area (Å²) >= 11 is 0. The van der Waals surface area contributed by atoms with Gasteiger partial charge in [-0.3, -0.25) is 4.40 Å². The second-order valence-electron chi connectivity index (χ2n) is 4.70. The number of nitrogens with zero attached hydrogens (tertiary/aromatic N) is 4. The lowest BCUT2D eigenvalue weighted by Gasteiger charge is -2.06. The van der Waals surface area contributed by atoms with E-state index in [4.69, 9.17) is 0 Å². The maximum absolute atomic E-state index is 4.37. The maximum Gasteiger partial charge on any atom is 0.179 e. The lowest BCUT2D eigenvalue weighted by Crippen LogP contribution is -2.01.